The van der Waals surface area contributed by atoms with E-state index in [9.17, 15) is 18.4 Å². The Balaban J connectivity index is 2.20. The van der Waals surface area contributed by atoms with Gasteiger partial charge in [-0.25, -0.2) is 0 Å². The maximum absolute atomic E-state index is 12.3. The molecular weight excluding hydrogens is 256 g/mol. The first-order chi connectivity index (χ1) is 9.08. The predicted octanol–water partition coefficient (Wildman–Crippen LogP) is 2.09. The van der Waals surface area contributed by atoms with Gasteiger partial charge in [0.2, 0.25) is 0 Å². The van der Waals surface area contributed by atoms with Gasteiger partial charge in [0.1, 0.15) is 5.75 Å². The smallest absolute Gasteiger partial charge is 0.387 e. The van der Waals surface area contributed by atoms with Gasteiger partial charge in [0.15, 0.2) is 5.78 Å². The van der Waals surface area contributed by atoms with Crippen molar-refractivity contribution in [2.24, 2.45) is 0 Å². The molecule has 1 aromatic rings. The fraction of sp³-hybridized carbons (Fsp3) is 0.385. The molecule has 4 nitrogen and oxygen atoms in total. The van der Waals surface area contributed by atoms with Gasteiger partial charge in [-0.2, -0.15) is 8.78 Å². The molecule has 1 aliphatic rings. The summed E-state index contributed by atoms with van der Waals surface area (Å²) in [6.07, 6.45) is 1.06. The number of carbonyl (C=O) groups is 2. The third-order valence-electron chi connectivity index (χ3n) is 2.87. The highest BCUT2D eigenvalue weighted by Gasteiger charge is 2.25. The lowest BCUT2D eigenvalue weighted by molar-refractivity contribution is -0.121. The van der Waals surface area contributed by atoms with E-state index in [0.717, 1.165) is 0 Å². The molecule has 1 heterocycles. The lowest BCUT2D eigenvalue weighted by atomic mass is 10.1. The van der Waals surface area contributed by atoms with Gasteiger partial charge in [-0.05, 0) is 18.6 Å². The number of likely N-dealkylation sites (tertiary alicyclic amines) is 1. The van der Waals surface area contributed by atoms with Crippen LogP contribution in [0.25, 0.3) is 0 Å². The molecule has 1 aliphatic heterocycles. The number of piperidine rings is 1. The number of nitrogens with zero attached hydrogens (tertiary/aromatic N) is 1. The Morgan fingerprint density at radius 1 is 1.32 bits per heavy atom. The quantitative estimate of drug-likeness (QED) is 0.844. The van der Waals surface area contributed by atoms with Crippen LogP contribution in [-0.2, 0) is 4.79 Å². The number of hydrogen-bond acceptors (Lipinski definition) is 3. The van der Waals surface area contributed by atoms with Crippen LogP contribution in [0.4, 0.5) is 8.78 Å². The van der Waals surface area contributed by atoms with Gasteiger partial charge in [-0.3, -0.25) is 9.59 Å². The summed E-state index contributed by atoms with van der Waals surface area (Å²) in [6, 6.07) is 5.80. The number of para-hydroxylation sites is 1. The lowest BCUT2D eigenvalue weighted by Crippen LogP contribution is -2.40. The van der Waals surface area contributed by atoms with E-state index in [1.807, 2.05) is 0 Å². The molecule has 0 aromatic heterocycles. The molecule has 1 aromatic carbocycles. The molecule has 1 fully saturated rings. The number of benzene rings is 1. The van der Waals surface area contributed by atoms with Crippen molar-refractivity contribution in [3.63, 3.8) is 0 Å². The minimum absolute atomic E-state index is 0.0214. The average molecular weight is 269 g/mol. The first-order valence-corrected chi connectivity index (χ1v) is 5.93. The van der Waals surface area contributed by atoms with Crippen molar-refractivity contribution in [2.45, 2.75) is 19.5 Å². The van der Waals surface area contributed by atoms with Crippen LogP contribution in [0.15, 0.2) is 24.3 Å². The van der Waals surface area contributed by atoms with Crippen LogP contribution in [0.1, 0.15) is 23.2 Å². The summed E-state index contributed by atoms with van der Waals surface area (Å²) in [4.78, 5) is 24.9. The summed E-state index contributed by atoms with van der Waals surface area (Å²) in [5.41, 5.74) is 0.0532. The fourth-order valence-corrected chi connectivity index (χ4v) is 2.02. The van der Waals surface area contributed by atoms with Crippen molar-refractivity contribution in [2.75, 3.05) is 13.1 Å². The number of carbonyl (C=O) groups excluding carboxylic acids is 2. The minimum Gasteiger partial charge on any atom is -0.434 e. The standard InChI is InChI=1S/C13H13F2NO3/c14-13(15)19-11-6-2-1-5-10(11)12(18)16-7-3-4-9(17)8-16/h1-2,5-6,13H,3-4,7-8H2. The molecule has 0 bridgehead atoms. The van der Waals surface area contributed by atoms with Crippen molar-refractivity contribution >= 4 is 11.7 Å². The molecule has 0 spiro atoms. The molecule has 1 saturated heterocycles. The van der Waals surface area contributed by atoms with E-state index in [2.05, 4.69) is 4.74 Å². The normalized spacial score (nSPS) is 15.7. The highest BCUT2D eigenvalue weighted by atomic mass is 19.3. The number of rotatable bonds is 3. The number of alkyl halides is 2. The summed E-state index contributed by atoms with van der Waals surface area (Å²) in [5.74, 6) is -0.642. The monoisotopic (exact) mass is 269 g/mol. The van der Waals surface area contributed by atoms with Crippen molar-refractivity contribution < 1.29 is 23.1 Å². The number of ether oxygens (including phenoxy) is 1. The zero-order chi connectivity index (χ0) is 13.8. The van der Waals surface area contributed by atoms with Gasteiger partial charge in [-0.15, -0.1) is 0 Å². The molecule has 0 radical (unpaired) electrons. The molecule has 6 heteroatoms. The number of ketones is 1. The first-order valence-electron chi connectivity index (χ1n) is 5.93. The van der Waals surface area contributed by atoms with E-state index >= 15 is 0 Å². The Bertz CT molecular complexity index is 491. The van der Waals surface area contributed by atoms with Crippen molar-refractivity contribution in [1.82, 2.24) is 4.90 Å². The van der Waals surface area contributed by atoms with E-state index in [4.69, 9.17) is 0 Å². The van der Waals surface area contributed by atoms with Gasteiger partial charge >= 0.3 is 6.61 Å². The van der Waals surface area contributed by atoms with Gasteiger partial charge < -0.3 is 9.64 Å². The number of Topliss-reactive ketones (excluding diaryl/α,β-unsaturated/α-hetero) is 1. The number of halogens is 2. The third-order valence-corrected chi connectivity index (χ3v) is 2.87. The molecule has 0 N–H and O–H groups in total. The van der Waals surface area contributed by atoms with Crippen LogP contribution in [0.5, 0.6) is 5.75 Å². The van der Waals surface area contributed by atoms with Crippen molar-refractivity contribution in [3.8, 4) is 5.75 Å². The van der Waals surface area contributed by atoms with Crippen LogP contribution in [-0.4, -0.2) is 36.3 Å². The van der Waals surface area contributed by atoms with E-state index in [0.29, 0.717) is 19.4 Å². The molecule has 0 atom stereocenters. The van der Waals surface area contributed by atoms with E-state index in [1.165, 1.54) is 23.1 Å². The van der Waals surface area contributed by atoms with Crippen LogP contribution in [0, 0.1) is 0 Å². The van der Waals surface area contributed by atoms with Gasteiger partial charge in [0, 0.05) is 13.0 Å². The molecule has 0 unspecified atom stereocenters. The number of amides is 1. The zero-order valence-corrected chi connectivity index (χ0v) is 10.1. The van der Waals surface area contributed by atoms with Crippen LogP contribution < -0.4 is 4.74 Å². The van der Waals surface area contributed by atoms with Crippen LogP contribution in [0.2, 0.25) is 0 Å². The van der Waals surface area contributed by atoms with Crippen LogP contribution >= 0.6 is 0 Å². The Kier molecular flexibility index (Phi) is 4.09. The first kappa shape index (κ1) is 13.5. The Hall–Kier alpha value is -1.98. The summed E-state index contributed by atoms with van der Waals surface area (Å²) in [5, 5.41) is 0. The maximum atomic E-state index is 12.3. The third kappa shape index (κ3) is 3.27. The Morgan fingerprint density at radius 2 is 2.05 bits per heavy atom. The topological polar surface area (TPSA) is 46.6 Å². The SMILES string of the molecule is O=C1CCCN(C(=O)c2ccccc2OC(F)F)C1. The highest BCUT2D eigenvalue weighted by molar-refractivity contribution is 5.99. The fourth-order valence-electron chi connectivity index (χ4n) is 2.02. The van der Waals surface area contributed by atoms with Crippen molar-refractivity contribution in [1.29, 1.82) is 0 Å². The second kappa shape index (κ2) is 5.77. The van der Waals surface area contributed by atoms with Crippen molar-refractivity contribution in [3.05, 3.63) is 29.8 Å². The second-order valence-corrected chi connectivity index (χ2v) is 4.24. The molecule has 19 heavy (non-hydrogen) atoms. The maximum Gasteiger partial charge on any atom is 0.387 e. The van der Waals surface area contributed by atoms with Gasteiger partial charge in [-0.1, -0.05) is 12.1 Å². The summed E-state index contributed by atoms with van der Waals surface area (Å²) < 4.78 is 28.9. The average Bonchev–Trinajstić information content (AvgIpc) is 2.38. The highest BCUT2D eigenvalue weighted by Crippen LogP contribution is 2.23. The summed E-state index contributed by atoms with van der Waals surface area (Å²) >= 11 is 0. The molecule has 102 valence electrons. The molecule has 0 saturated carbocycles. The van der Waals surface area contributed by atoms with E-state index in [-0.39, 0.29) is 23.6 Å². The molecule has 1 amide bonds. The predicted molar refractivity (Wildman–Crippen MR) is 63.2 cm³/mol. The molecular formula is C13H13F2NO3. The zero-order valence-electron chi connectivity index (χ0n) is 10.1. The van der Waals surface area contributed by atoms with E-state index in [1.54, 1.807) is 6.07 Å². The van der Waals surface area contributed by atoms with Gasteiger partial charge in [0.25, 0.3) is 5.91 Å². The molecule has 2 rings (SSSR count). The Morgan fingerprint density at radius 3 is 2.74 bits per heavy atom. The second-order valence-electron chi connectivity index (χ2n) is 4.24. The number of hydrogen-bond donors (Lipinski definition) is 0. The van der Waals surface area contributed by atoms with E-state index < -0.39 is 12.5 Å². The van der Waals surface area contributed by atoms with Gasteiger partial charge in [0.05, 0.1) is 12.1 Å². The largest absolute Gasteiger partial charge is 0.434 e. The lowest BCUT2D eigenvalue weighted by Gasteiger charge is -2.26. The van der Waals surface area contributed by atoms with Crippen LogP contribution in [0.3, 0.4) is 0 Å². The Labute approximate surface area is 109 Å². The molecule has 0 aliphatic carbocycles. The summed E-state index contributed by atoms with van der Waals surface area (Å²) in [6.45, 7) is -2.51. The minimum atomic E-state index is -2.99. The summed E-state index contributed by atoms with van der Waals surface area (Å²) in [7, 11) is 0.